The molecule has 0 saturated heterocycles. The molecule has 0 aromatic rings. The Bertz CT molecular complexity index is 1130. The molecule has 0 saturated carbocycles. The lowest BCUT2D eigenvalue weighted by atomic mass is 10.0. The average Bonchev–Trinajstić information content (AvgIpc) is 3.41. The van der Waals surface area contributed by atoms with E-state index in [9.17, 15) is 19.8 Å². The molecule has 1 amide bonds. The van der Waals surface area contributed by atoms with Gasteiger partial charge in [0.05, 0.1) is 25.4 Å². The maximum absolute atomic E-state index is 12.5. The van der Waals surface area contributed by atoms with Crippen LogP contribution in [0.2, 0.25) is 0 Å². The Labute approximate surface area is 469 Å². The molecule has 0 aliphatic rings. The summed E-state index contributed by atoms with van der Waals surface area (Å²) in [6, 6.07) is -0.539. The average molecular weight is 1060 g/mol. The van der Waals surface area contributed by atoms with E-state index in [1.165, 1.54) is 315 Å². The van der Waals surface area contributed by atoms with Gasteiger partial charge in [0.25, 0.3) is 0 Å². The number of hydrogen-bond donors (Lipinski definition) is 3. The minimum atomic E-state index is -0.662. The van der Waals surface area contributed by atoms with Gasteiger partial charge in [-0.05, 0) is 51.4 Å². The van der Waals surface area contributed by atoms with Crippen LogP contribution in [0.1, 0.15) is 393 Å². The van der Waals surface area contributed by atoms with Gasteiger partial charge in [0.1, 0.15) is 0 Å². The van der Waals surface area contributed by atoms with Crippen LogP contribution in [-0.4, -0.2) is 47.4 Å². The second-order valence-corrected chi connectivity index (χ2v) is 23.9. The third kappa shape index (κ3) is 61.7. The third-order valence-electron chi connectivity index (χ3n) is 16.3. The summed E-state index contributed by atoms with van der Waals surface area (Å²) < 4.78 is 5.50. The number of esters is 1. The first kappa shape index (κ1) is 73.6. The number of aliphatic hydroxyl groups is 2. The van der Waals surface area contributed by atoms with Gasteiger partial charge in [0.15, 0.2) is 0 Å². The van der Waals surface area contributed by atoms with Crippen LogP contribution in [0.15, 0.2) is 12.2 Å². The van der Waals surface area contributed by atoms with Crippen molar-refractivity contribution in [3.63, 3.8) is 0 Å². The van der Waals surface area contributed by atoms with Gasteiger partial charge in [-0.15, -0.1) is 0 Å². The second-order valence-electron chi connectivity index (χ2n) is 23.9. The van der Waals surface area contributed by atoms with Crippen molar-refractivity contribution in [1.29, 1.82) is 0 Å². The molecule has 0 fully saturated rings. The fraction of sp³-hybridized carbons (Fsp3) is 0.942. The monoisotopic (exact) mass is 1060 g/mol. The smallest absolute Gasteiger partial charge is 0.305 e. The lowest BCUT2D eigenvalue weighted by Crippen LogP contribution is -2.45. The zero-order valence-corrected chi connectivity index (χ0v) is 51.1. The summed E-state index contributed by atoms with van der Waals surface area (Å²) in [5.74, 6) is -0.0156. The fourth-order valence-electron chi connectivity index (χ4n) is 11.1. The number of unbranched alkanes of at least 4 members (excludes halogenated alkanes) is 52. The molecule has 0 radical (unpaired) electrons. The summed E-state index contributed by atoms with van der Waals surface area (Å²) in [6.07, 6.45) is 79.6. The van der Waals surface area contributed by atoms with Crippen molar-refractivity contribution in [1.82, 2.24) is 5.32 Å². The molecule has 0 aromatic heterocycles. The van der Waals surface area contributed by atoms with Crippen molar-refractivity contribution in [3.05, 3.63) is 12.2 Å². The molecule has 3 N–H and O–H groups in total. The third-order valence-corrected chi connectivity index (χ3v) is 16.3. The Morgan fingerprint density at radius 2 is 0.627 bits per heavy atom. The Morgan fingerprint density at radius 3 is 0.947 bits per heavy atom. The van der Waals surface area contributed by atoms with Crippen molar-refractivity contribution < 1.29 is 24.5 Å². The van der Waals surface area contributed by atoms with Gasteiger partial charge in [-0.1, -0.05) is 341 Å². The highest BCUT2D eigenvalue weighted by Gasteiger charge is 2.20. The molecule has 0 aromatic carbocycles. The van der Waals surface area contributed by atoms with E-state index in [1.54, 1.807) is 0 Å². The lowest BCUT2D eigenvalue weighted by molar-refractivity contribution is -0.143. The molecule has 0 spiro atoms. The Balaban J connectivity index is 3.34. The van der Waals surface area contributed by atoms with Crippen molar-refractivity contribution in [2.45, 2.75) is 405 Å². The first-order valence-corrected chi connectivity index (χ1v) is 34.4. The molecule has 0 heterocycles. The number of nitrogens with one attached hydrogen (secondary N) is 1. The van der Waals surface area contributed by atoms with E-state index in [1.807, 2.05) is 0 Å². The molecule has 75 heavy (non-hydrogen) atoms. The molecular formula is C69H135NO5. The number of ether oxygens (including phenoxy) is 1. The van der Waals surface area contributed by atoms with Crippen molar-refractivity contribution in [3.8, 4) is 0 Å². The van der Waals surface area contributed by atoms with Crippen LogP contribution in [0.4, 0.5) is 0 Å². The molecule has 0 aliphatic heterocycles. The number of aliphatic hydroxyl groups excluding tert-OH is 2. The highest BCUT2D eigenvalue weighted by molar-refractivity contribution is 5.76. The molecular weight excluding hydrogens is 923 g/mol. The van der Waals surface area contributed by atoms with E-state index in [4.69, 9.17) is 4.74 Å². The molecule has 0 aliphatic carbocycles. The van der Waals surface area contributed by atoms with Crippen LogP contribution >= 0.6 is 0 Å². The van der Waals surface area contributed by atoms with Crippen molar-refractivity contribution in [2.24, 2.45) is 0 Å². The Morgan fingerprint density at radius 1 is 0.360 bits per heavy atom. The van der Waals surface area contributed by atoms with E-state index in [0.717, 1.165) is 44.9 Å². The van der Waals surface area contributed by atoms with E-state index < -0.39 is 12.1 Å². The summed E-state index contributed by atoms with van der Waals surface area (Å²) in [6.45, 7) is 4.99. The second kappa shape index (κ2) is 65.1. The predicted molar refractivity (Wildman–Crippen MR) is 329 cm³/mol. The number of amides is 1. The van der Waals surface area contributed by atoms with Gasteiger partial charge in [-0.3, -0.25) is 9.59 Å². The lowest BCUT2D eigenvalue weighted by Gasteiger charge is -2.22. The van der Waals surface area contributed by atoms with Gasteiger partial charge >= 0.3 is 5.97 Å². The minimum Gasteiger partial charge on any atom is -0.466 e. The van der Waals surface area contributed by atoms with Crippen molar-refractivity contribution in [2.75, 3.05) is 13.2 Å². The summed E-state index contributed by atoms with van der Waals surface area (Å²) >= 11 is 0. The first-order valence-electron chi connectivity index (χ1n) is 34.4. The normalized spacial score (nSPS) is 12.5. The van der Waals surface area contributed by atoms with E-state index in [2.05, 4.69) is 31.3 Å². The topological polar surface area (TPSA) is 95.9 Å². The van der Waals surface area contributed by atoms with Crippen LogP contribution < -0.4 is 5.32 Å². The Hall–Kier alpha value is -1.40. The van der Waals surface area contributed by atoms with Crippen LogP contribution in [0, 0.1) is 0 Å². The Kier molecular flexibility index (Phi) is 63.9. The molecule has 0 rings (SSSR count). The molecule has 2 atom stereocenters. The number of carbonyl (C=O) groups excluding carboxylic acids is 2. The summed E-state index contributed by atoms with van der Waals surface area (Å²) in [7, 11) is 0. The highest BCUT2D eigenvalue weighted by Crippen LogP contribution is 2.19. The van der Waals surface area contributed by atoms with E-state index >= 15 is 0 Å². The molecule has 6 heteroatoms. The standard InChI is InChI=1S/C69H135NO5/c1-3-5-7-9-11-13-15-17-19-20-31-35-39-43-47-51-55-59-63-69(74)75-64-60-56-52-48-44-40-36-32-29-27-25-23-21-22-24-26-28-30-34-38-42-46-50-54-58-62-68(73)70-66(65-71)67(72)61-57-53-49-45-41-37-33-18-16-14-12-10-8-6-4-2/h19-20,66-67,71-72H,3-18,21-65H2,1-2H3,(H,70,73)/b20-19-. The van der Waals surface area contributed by atoms with Crippen LogP contribution in [0.5, 0.6) is 0 Å². The summed E-state index contributed by atoms with van der Waals surface area (Å²) in [5, 5.41) is 23.3. The van der Waals surface area contributed by atoms with Crippen LogP contribution in [-0.2, 0) is 14.3 Å². The molecule has 0 bridgehead atoms. The maximum Gasteiger partial charge on any atom is 0.305 e. The maximum atomic E-state index is 12.5. The quantitative estimate of drug-likeness (QED) is 0.0320. The van der Waals surface area contributed by atoms with Crippen molar-refractivity contribution >= 4 is 11.9 Å². The molecule has 6 nitrogen and oxygen atoms in total. The molecule has 2 unspecified atom stereocenters. The summed E-state index contributed by atoms with van der Waals surface area (Å²) in [5.41, 5.74) is 0. The van der Waals surface area contributed by atoms with Gasteiger partial charge in [-0.25, -0.2) is 0 Å². The number of rotatable bonds is 65. The van der Waals surface area contributed by atoms with Gasteiger partial charge in [0, 0.05) is 12.8 Å². The predicted octanol–water partition coefficient (Wildman–Crippen LogP) is 22.0. The van der Waals surface area contributed by atoms with Crippen LogP contribution in [0.3, 0.4) is 0 Å². The van der Waals surface area contributed by atoms with Gasteiger partial charge < -0.3 is 20.3 Å². The fourth-order valence-corrected chi connectivity index (χ4v) is 11.1. The van der Waals surface area contributed by atoms with Gasteiger partial charge in [-0.2, -0.15) is 0 Å². The largest absolute Gasteiger partial charge is 0.466 e. The SMILES string of the molecule is CCCCCCCCC/C=C\CCCCCCCCCC(=O)OCCCCCCCCCCCCCCCCCCCCCCCCCCCC(=O)NC(CO)C(O)CCCCCCCCCCCCCCCCC. The molecule has 446 valence electrons. The van der Waals surface area contributed by atoms with E-state index in [-0.39, 0.29) is 18.5 Å². The van der Waals surface area contributed by atoms with Gasteiger partial charge in [0.2, 0.25) is 5.91 Å². The minimum absolute atomic E-state index is 0.0145. The van der Waals surface area contributed by atoms with Crippen LogP contribution in [0.25, 0.3) is 0 Å². The zero-order valence-electron chi connectivity index (χ0n) is 51.1. The number of hydrogen-bond acceptors (Lipinski definition) is 5. The van der Waals surface area contributed by atoms with E-state index in [0.29, 0.717) is 25.9 Å². The number of carbonyl (C=O) groups is 2. The first-order chi connectivity index (χ1) is 37.0. The highest BCUT2D eigenvalue weighted by atomic mass is 16.5. The number of allylic oxidation sites excluding steroid dienone is 2. The zero-order chi connectivity index (χ0) is 54.3. The summed E-state index contributed by atoms with van der Waals surface area (Å²) in [4.78, 5) is 24.6.